The molecule has 0 aromatic carbocycles. The Kier molecular flexibility index (Phi) is 7.45. The summed E-state index contributed by atoms with van der Waals surface area (Å²) in [6.07, 6.45) is 9.96. The van der Waals surface area contributed by atoms with E-state index in [9.17, 15) is 9.59 Å². The third kappa shape index (κ3) is 10.4. The van der Waals surface area contributed by atoms with Crippen LogP contribution in [0.25, 0.3) is 0 Å². The summed E-state index contributed by atoms with van der Waals surface area (Å²) in [6, 6.07) is 0. The van der Waals surface area contributed by atoms with Crippen LogP contribution in [0.2, 0.25) is 0 Å². The number of hydrogen-bond acceptors (Lipinski definition) is 2. The van der Waals surface area contributed by atoms with Gasteiger partial charge in [-0.2, -0.15) is 0 Å². The van der Waals surface area contributed by atoms with Gasteiger partial charge in [-0.15, -0.1) is 0 Å². The maximum atomic E-state index is 10.0. The van der Waals surface area contributed by atoms with Gasteiger partial charge in [-0.1, -0.05) is 18.2 Å². The van der Waals surface area contributed by atoms with E-state index in [2.05, 4.69) is 0 Å². The van der Waals surface area contributed by atoms with Crippen molar-refractivity contribution in [2.45, 2.75) is 19.3 Å². The van der Waals surface area contributed by atoms with Crippen LogP contribution in [0.3, 0.4) is 0 Å². The average molecular weight is 180 g/mol. The molecule has 0 aliphatic heterocycles. The molecule has 13 heavy (non-hydrogen) atoms. The molecular formula is C10H12O3. The number of allylic oxidation sites excluding steroid dienone is 4. The largest absolute Gasteiger partial charge is 0.478 e. The summed E-state index contributed by atoms with van der Waals surface area (Å²) in [5.74, 6) is 0.743. The zero-order valence-electron chi connectivity index (χ0n) is 7.27. The van der Waals surface area contributed by atoms with Crippen LogP contribution < -0.4 is 0 Å². The summed E-state index contributed by atoms with van der Waals surface area (Å²) in [6.45, 7) is 0. The molecule has 0 saturated carbocycles. The smallest absolute Gasteiger partial charge is 0.328 e. The first-order valence-electron chi connectivity index (χ1n) is 4.03. The van der Waals surface area contributed by atoms with Gasteiger partial charge in [0, 0.05) is 6.08 Å². The van der Waals surface area contributed by atoms with E-state index >= 15 is 0 Å². The van der Waals surface area contributed by atoms with Crippen molar-refractivity contribution in [2.75, 3.05) is 0 Å². The Morgan fingerprint density at radius 3 is 2.69 bits per heavy atom. The zero-order valence-corrected chi connectivity index (χ0v) is 7.27. The molecule has 3 heteroatoms. The van der Waals surface area contributed by atoms with E-state index in [0.29, 0.717) is 0 Å². The predicted octanol–water partition coefficient (Wildman–Crippen LogP) is 1.74. The molecule has 0 spiro atoms. The molecule has 0 heterocycles. The highest BCUT2D eigenvalue weighted by Gasteiger charge is 1.81. The molecule has 0 aliphatic rings. The molecule has 0 aliphatic carbocycles. The molecular weight excluding hydrogens is 168 g/mol. The second-order valence-corrected chi connectivity index (χ2v) is 2.38. The summed E-state index contributed by atoms with van der Waals surface area (Å²) in [4.78, 5) is 19.7. The molecule has 0 aromatic heterocycles. The SMILES string of the molecule is O=C=CCCCC=CC=CC(=O)O. The summed E-state index contributed by atoms with van der Waals surface area (Å²) < 4.78 is 0. The topological polar surface area (TPSA) is 54.4 Å². The van der Waals surface area contributed by atoms with Gasteiger partial charge >= 0.3 is 5.97 Å². The van der Waals surface area contributed by atoms with Crippen LogP contribution in [-0.4, -0.2) is 17.0 Å². The molecule has 0 rings (SSSR count). The van der Waals surface area contributed by atoms with Gasteiger partial charge in [-0.3, -0.25) is 0 Å². The lowest BCUT2D eigenvalue weighted by molar-refractivity contribution is -0.131. The Morgan fingerprint density at radius 2 is 2.08 bits per heavy atom. The number of rotatable bonds is 6. The molecule has 1 N–H and O–H groups in total. The van der Waals surface area contributed by atoms with Crippen LogP contribution >= 0.6 is 0 Å². The molecule has 0 saturated heterocycles. The minimum Gasteiger partial charge on any atom is -0.478 e. The lowest BCUT2D eigenvalue weighted by atomic mass is 10.2. The number of carboxylic acid groups (broad SMARTS) is 1. The highest BCUT2D eigenvalue weighted by Crippen LogP contribution is 1.96. The number of hydrogen-bond donors (Lipinski definition) is 1. The maximum absolute atomic E-state index is 10.0. The fourth-order valence-electron chi connectivity index (χ4n) is 0.709. The summed E-state index contributed by atoms with van der Waals surface area (Å²) in [7, 11) is 0. The number of carboxylic acids is 1. The lowest BCUT2D eigenvalue weighted by Gasteiger charge is -1.85. The fraction of sp³-hybridized carbons (Fsp3) is 0.300. The van der Waals surface area contributed by atoms with E-state index in [0.717, 1.165) is 25.3 Å². The van der Waals surface area contributed by atoms with Crippen molar-refractivity contribution in [2.24, 2.45) is 0 Å². The Balaban J connectivity index is 3.41. The van der Waals surface area contributed by atoms with Gasteiger partial charge in [0.2, 0.25) is 0 Å². The Labute approximate surface area is 77.1 Å². The van der Waals surface area contributed by atoms with Crippen molar-refractivity contribution in [3.63, 3.8) is 0 Å². The van der Waals surface area contributed by atoms with Gasteiger partial charge in [0.15, 0.2) is 0 Å². The Bertz CT molecular complexity index is 245. The van der Waals surface area contributed by atoms with Crippen LogP contribution in [0.5, 0.6) is 0 Å². The van der Waals surface area contributed by atoms with Crippen molar-refractivity contribution in [1.29, 1.82) is 0 Å². The van der Waals surface area contributed by atoms with E-state index in [1.54, 1.807) is 12.0 Å². The van der Waals surface area contributed by atoms with Crippen LogP contribution in [0.4, 0.5) is 0 Å². The fourth-order valence-corrected chi connectivity index (χ4v) is 0.709. The summed E-state index contributed by atoms with van der Waals surface area (Å²) in [5, 5.41) is 8.22. The molecule has 70 valence electrons. The van der Waals surface area contributed by atoms with Crippen molar-refractivity contribution < 1.29 is 14.7 Å². The zero-order chi connectivity index (χ0) is 9.94. The number of aliphatic carboxylic acids is 1. The molecule has 0 fully saturated rings. The van der Waals surface area contributed by atoms with Gasteiger partial charge in [-0.25, -0.2) is 9.59 Å². The van der Waals surface area contributed by atoms with Crippen LogP contribution in [0.1, 0.15) is 19.3 Å². The van der Waals surface area contributed by atoms with E-state index in [1.807, 2.05) is 6.08 Å². The summed E-state index contributed by atoms with van der Waals surface area (Å²) in [5.41, 5.74) is 0. The number of unbranched alkanes of at least 4 members (excludes halogenated alkanes) is 2. The standard InChI is InChI=1S/C10H12O3/c11-9-7-5-3-1-2-4-6-8-10(12)13/h2,4,6-8H,1,3,5H2,(H,12,13). The molecule has 0 amide bonds. The number of carbonyl (C=O) groups is 1. The molecule has 3 nitrogen and oxygen atoms in total. The third-order valence-corrected chi connectivity index (χ3v) is 1.29. The van der Waals surface area contributed by atoms with Crippen molar-refractivity contribution >= 4 is 11.9 Å². The van der Waals surface area contributed by atoms with Crippen LogP contribution in [0.15, 0.2) is 30.4 Å². The van der Waals surface area contributed by atoms with Gasteiger partial charge in [-0.05, 0) is 25.3 Å². The first-order chi connectivity index (χ1) is 6.27. The minimum atomic E-state index is -0.950. The third-order valence-electron chi connectivity index (χ3n) is 1.29. The molecule has 0 radical (unpaired) electrons. The molecule has 0 bridgehead atoms. The van der Waals surface area contributed by atoms with Gasteiger partial charge < -0.3 is 5.11 Å². The van der Waals surface area contributed by atoms with Gasteiger partial charge in [0.25, 0.3) is 0 Å². The molecule has 0 atom stereocenters. The highest BCUT2D eigenvalue weighted by molar-refractivity contribution is 5.80. The van der Waals surface area contributed by atoms with Crippen LogP contribution in [0, 0.1) is 0 Å². The lowest BCUT2D eigenvalue weighted by Crippen LogP contribution is -1.84. The van der Waals surface area contributed by atoms with Crippen LogP contribution in [-0.2, 0) is 9.59 Å². The van der Waals surface area contributed by atoms with E-state index in [4.69, 9.17) is 5.11 Å². The van der Waals surface area contributed by atoms with E-state index in [1.165, 1.54) is 12.2 Å². The van der Waals surface area contributed by atoms with Gasteiger partial charge in [0.1, 0.15) is 5.94 Å². The second kappa shape index (κ2) is 8.50. The monoisotopic (exact) mass is 180 g/mol. The molecule has 0 unspecified atom stereocenters. The van der Waals surface area contributed by atoms with E-state index in [-0.39, 0.29) is 0 Å². The van der Waals surface area contributed by atoms with Crippen molar-refractivity contribution in [3.05, 3.63) is 30.4 Å². The van der Waals surface area contributed by atoms with E-state index < -0.39 is 5.97 Å². The Hall–Kier alpha value is -1.60. The average Bonchev–Trinajstić information content (AvgIpc) is 2.09. The maximum Gasteiger partial charge on any atom is 0.328 e. The minimum absolute atomic E-state index is 0.719. The first-order valence-corrected chi connectivity index (χ1v) is 4.03. The predicted molar refractivity (Wildman–Crippen MR) is 50.0 cm³/mol. The second-order valence-electron chi connectivity index (χ2n) is 2.38. The van der Waals surface area contributed by atoms with Crippen molar-refractivity contribution in [3.8, 4) is 0 Å². The first kappa shape index (κ1) is 11.4. The highest BCUT2D eigenvalue weighted by atomic mass is 16.4. The van der Waals surface area contributed by atoms with Crippen molar-refractivity contribution in [1.82, 2.24) is 0 Å². The number of carbonyl (C=O) groups excluding carboxylic acids is 1. The molecule has 0 aromatic rings. The summed E-state index contributed by atoms with van der Waals surface area (Å²) >= 11 is 0. The Morgan fingerprint density at radius 1 is 1.31 bits per heavy atom. The normalized spacial score (nSPS) is 10.5. The quantitative estimate of drug-likeness (QED) is 0.293. The van der Waals surface area contributed by atoms with Gasteiger partial charge in [0.05, 0.1) is 0 Å².